The SMILES string of the molecule is Cc1cc(C(=O)NN2CCOCC2)nn1Cc1cc(C#N)cc2cc(-c3ccccc3)oc12. The predicted molar refractivity (Wildman–Crippen MR) is 122 cm³/mol. The lowest BCUT2D eigenvalue weighted by Crippen LogP contribution is -2.48. The van der Waals surface area contributed by atoms with Crippen LogP contribution in [0.1, 0.15) is 27.3 Å². The molecule has 1 saturated heterocycles. The summed E-state index contributed by atoms with van der Waals surface area (Å²) in [5, 5.41) is 16.7. The Morgan fingerprint density at radius 1 is 1.15 bits per heavy atom. The number of aryl methyl sites for hydroxylation is 1. The zero-order chi connectivity index (χ0) is 22.8. The van der Waals surface area contributed by atoms with E-state index in [9.17, 15) is 10.1 Å². The van der Waals surface area contributed by atoms with Crippen molar-refractivity contribution in [3.8, 4) is 17.4 Å². The number of aromatic nitrogens is 2. The maximum Gasteiger partial charge on any atom is 0.286 e. The Bertz CT molecular complexity index is 1340. The number of nitrogens with zero attached hydrogens (tertiary/aromatic N) is 4. The molecule has 2 aromatic carbocycles. The number of nitriles is 1. The molecular formula is C25H23N5O3. The number of rotatable bonds is 5. The lowest BCUT2D eigenvalue weighted by molar-refractivity contribution is 0.0124. The van der Waals surface area contributed by atoms with Gasteiger partial charge in [-0.2, -0.15) is 10.4 Å². The summed E-state index contributed by atoms with van der Waals surface area (Å²) in [6.07, 6.45) is 0. The monoisotopic (exact) mass is 441 g/mol. The van der Waals surface area contributed by atoms with Crippen LogP contribution in [-0.2, 0) is 11.3 Å². The fraction of sp³-hybridized carbons (Fsp3) is 0.240. The van der Waals surface area contributed by atoms with Gasteiger partial charge in [0, 0.05) is 35.3 Å². The highest BCUT2D eigenvalue weighted by Gasteiger charge is 2.19. The van der Waals surface area contributed by atoms with E-state index >= 15 is 0 Å². The molecule has 1 aliphatic rings. The fourth-order valence-electron chi connectivity index (χ4n) is 3.97. The molecule has 2 aromatic heterocycles. The first-order valence-corrected chi connectivity index (χ1v) is 10.8. The van der Waals surface area contributed by atoms with Gasteiger partial charge in [0.05, 0.1) is 31.4 Å². The van der Waals surface area contributed by atoms with E-state index in [1.165, 1.54) is 0 Å². The molecule has 0 atom stereocenters. The Labute approximate surface area is 190 Å². The van der Waals surface area contributed by atoms with Crippen molar-refractivity contribution in [2.75, 3.05) is 26.3 Å². The van der Waals surface area contributed by atoms with E-state index in [1.54, 1.807) is 10.7 Å². The Kier molecular flexibility index (Phi) is 5.65. The van der Waals surface area contributed by atoms with Crippen molar-refractivity contribution in [1.82, 2.24) is 20.2 Å². The second kappa shape index (κ2) is 8.90. The van der Waals surface area contributed by atoms with E-state index < -0.39 is 0 Å². The average molecular weight is 441 g/mol. The molecule has 1 amide bonds. The summed E-state index contributed by atoms with van der Waals surface area (Å²) in [7, 11) is 0. The summed E-state index contributed by atoms with van der Waals surface area (Å²) in [6, 6.07) is 19.4. The van der Waals surface area contributed by atoms with E-state index in [4.69, 9.17) is 9.15 Å². The van der Waals surface area contributed by atoms with Gasteiger partial charge in [-0.1, -0.05) is 30.3 Å². The third kappa shape index (κ3) is 4.37. The van der Waals surface area contributed by atoms with Gasteiger partial charge < -0.3 is 9.15 Å². The van der Waals surface area contributed by atoms with Crippen LogP contribution in [-0.4, -0.2) is 47.0 Å². The van der Waals surface area contributed by atoms with E-state index in [0.717, 1.165) is 28.0 Å². The molecule has 1 fully saturated rings. The quantitative estimate of drug-likeness (QED) is 0.509. The minimum atomic E-state index is -0.251. The first-order chi connectivity index (χ1) is 16.1. The molecule has 0 radical (unpaired) electrons. The number of hydrazine groups is 1. The number of benzene rings is 2. The van der Waals surface area contributed by atoms with Crippen molar-refractivity contribution in [2.45, 2.75) is 13.5 Å². The van der Waals surface area contributed by atoms with Gasteiger partial charge in [0.2, 0.25) is 0 Å². The van der Waals surface area contributed by atoms with Crippen molar-refractivity contribution in [3.05, 3.63) is 77.1 Å². The van der Waals surface area contributed by atoms with Crippen LogP contribution in [0.2, 0.25) is 0 Å². The van der Waals surface area contributed by atoms with E-state index in [-0.39, 0.29) is 5.91 Å². The number of fused-ring (bicyclic) bond motifs is 1. The molecule has 1 N–H and O–H groups in total. The lowest BCUT2D eigenvalue weighted by atomic mass is 10.1. The number of furan rings is 1. The van der Waals surface area contributed by atoms with Crippen LogP contribution < -0.4 is 5.43 Å². The van der Waals surface area contributed by atoms with Gasteiger partial charge >= 0.3 is 0 Å². The molecule has 0 spiro atoms. The molecule has 5 rings (SSSR count). The van der Waals surface area contributed by atoms with Crippen molar-refractivity contribution in [3.63, 3.8) is 0 Å². The van der Waals surface area contributed by atoms with Crippen LogP contribution in [0.25, 0.3) is 22.3 Å². The van der Waals surface area contributed by atoms with Crippen molar-refractivity contribution >= 4 is 16.9 Å². The molecule has 1 aliphatic heterocycles. The normalized spacial score (nSPS) is 14.3. The molecule has 0 aliphatic carbocycles. The number of hydrogen-bond acceptors (Lipinski definition) is 6. The standard InChI is InChI=1S/C25H23N5O3/c1-17-11-22(25(31)28-29-7-9-32-10-8-29)27-30(17)16-21-13-18(15-26)12-20-14-23(33-24(20)21)19-5-3-2-4-6-19/h2-6,11-14H,7-10,16H2,1H3,(H,28,31). The van der Waals surface area contributed by atoms with Crippen LogP contribution in [0.3, 0.4) is 0 Å². The van der Waals surface area contributed by atoms with Gasteiger partial charge in [-0.3, -0.25) is 14.9 Å². The zero-order valence-electron chi connectivity index (χ0n) is 18.2. The second-order valence-electron chi connectivity index (χ2n) is 8.01. The molecule has 3 heterocycles. The highest BCUT2D eigenvalue weighted by atomic mass is 16.5. The summed E-state index contributed by atoms with van der Waals surface area (Å²) in [4.78, 5) is 12.7. The Balaban J connectivity index is 1.44. The smallest absolute Gasteiger partial charge is 0.286 e. The van der Waals surface area contributed by atoms with Crippen LogP contribution in [0.4, 0.5) is 0 Å². The largest absolute Gasteiger partial charge is 0.456 e. The van der Waals surface area contributed by atoms with E-state index in [0.29, 0.717) is 49.7 Å². The molecule has 0 unspecified atom stereocenters. The number of amides is 1. The van der Waals surface area contributed by atoms with Crippen LogP contribution in [0, 0.1) is 18.3 Å². The van der Waals surface area contributed by atoms with Crippen molar-refractivity contribution in [2.24, 2.45) is 0 Å². The Morgan fingerprint density at radius 2 is 1.94 bits per heavy atom. The number of carbonyl (C=O) groups is 1. The minimum Gasteiger partial charge on any atom is -0.456 e. The molecule has 33 heavy (non-hydrogen) atoms. The van der Waals surface area contributed by atoms with E-state index in [1.807, 2.05) is 60.5 Å². The van der Waals surface area contributed by atoms with Crippen LogP contribution in [0.5, 0.6) is 0 Å². The third-order valence-corrected chi connectivity index (χ3v) is 5.69. The minimum absolute atomic E-state index is 0.251. The van der Waals surface area contributed by atoms with Crippen LogP contribution >= 0.6 is 0 Å². The molecule has 166 valence electrons. The van der Waals surface area contributed by atoms with Crippen molar-refractivity contribution in [1.29, 1.82) is 5.26 Å². The van der Waals surface area contributed by atoms with Crippen LogP contribution in [0.15, 0.2) is 59.0 Å². The fourth-order valence-corrected chi connectivity index (χ4v) is 3.97. The first-order valence-electron chi connectivity index (χ1n) is 10.8. The predicted octanol–water partition coefficient (Wildman–Crippen LogP) is 3.50. The van der Waals surface area contributed by atoms with Gasteiger partial charge in [0.1, 0.15) is 11.3 Å². The summed E-state index contributed by atoms with van der Waals surface area (Å²) in [5.41, 5.74) is 7.13. The van der Waals surface area contributed by atoms with Crippen molar-refractivity contribution < 1.29 is 13.9 Å². The maximum atomic E-state index is 12.7. The molecule has 8 nitrogen and oxygen atoms in total. The van der Waals surface area contributed by atoms with Gasteiger partial charge in [0.15, 0.2) is 5.69 Å². The zero-order valence-corrected chi connectivity index (χ0v) is 18.2. The third-order valence-electron chi connectivity index (χ3n) is 5.69. The van der Waals surface area contributed by atoms with Gasteiger partial charge in [0.25, 0.3) is 5.91 Å². The summed E-state index contributed by atoms with van der Waals surface area (Å²) < 4.78 is 13.3. The number of hydrogen-bond donors (Lipinski definition) is 1. The van der Waals surface area contributed by atoms with Gasteiger partial charge in [-0.25, -0.2) is 5.01 Å². The second-order valence-corrected chi connectivity index (χ2v) is 8.01. The molecule has 0 saturated carbocycles. The summed E-state index contributed by atoms with van der Waals surface area (Å²) in [6.45, 7) is 4.76. The number of ether oxygens (including phenoxy) is 1. The topological polar surface area (TPSA) is 96.3 Å². The molecular weight excluding hydrogens is 418 g/mol. The summed E-state index contributed by atoms with van der Waals surface area (Å²) in [5.74, 6) is 0.490. The highest BCUT2D eigenvalue weighted by Crippen LogP contribution is 2.31. The Hall–Kier alpha value is -3.93. The Morgan fingerprint density at radius 3 is 2.70 bits per heavy atom. The number of nitrogens with one attached hydrogen (secondary N) is 1. The molecule has 4 aromatic rings. The first kappa shape index (κ1) is 20.9. The van der Waals surface area contributed by atoms with Gasteiger partial charge in [-0.15, -0.1) is 0 Å². The number of morpholine rings is 1. The average Bonchev–Trinajstić information content (AvgIpc) is 3.44. The van der Waals surface area contributed by atoms with E-state index in [2.05, 4.69) is 16.6 Å². The maximum absolute atomic E-state index is 12.7. The highest BCUT2D eigenvalue weighted by molar-refractivity contribution is 5.92. The van der Waals surface area contributed by atoms with Gasteiger partial charge in [-0.05, 0) is 31.2 Å². The number of carbonyl (C=O) groups excluding carboxylic acids is 1. The lowest BCUT2D eigenvalue weighted by Gasteiger charge is -2.26. The molecule has 0 bridgehead atoms. The molecule has 8 heteroatoms. The summed E-state index contributed by atoms with van der Waals surface area (Å²) >= 11 is 0.